The zero-order valence-corrected chi connectivity index (χ0v) is 10.5. The highest BCUT2D eigenvalue weighted by atomic mass is 16.6. The molecule has 0 aliphatic carbocycles. The van der Waals surface area contributed by atoms with Crippen molar-refractivity contribution in [3.8, 4) is 0 Å². The minimum Gasteiger partial charge on any atom is -0.451 e. The Morgan fingerprint density at radius 2 is 1.95 bits per heavy atom. The SMILES string of the molecule is CCOC(=O)NC(=O)COC(=O)c1cnc(C)cn1. The van der Waals surface area contributed by atoms with Crippen molar-refractivity contribution < 1.29 is 23.9 Å². The Hall–Kier alpha value is -2.51. The molecule has 1 heterocycles. The maximum atomic E-state index is 11.5. The van der Waals surface area contributed by atoms with Gasteiger partial charge in [-0.05, 0) is 13.8 Å². The summed E-state index contributed by atoms with van der Waals surface area (Å²) in [6, 6.07) is 0. The third-order valence-corrected chi connectivity index (χ3v) is 1.84. The van der Waals surface area contributed by atoms with Crippen LogP contribution in [0, 0.1) is 6.92 Å². The molecule has 102 valence electrons. The summed E-state index contributed by atoms with van der Waals surface area (Å²) in [5.74, 6) is -1.58. The highest BCUT2D eigenvalue weighted by molar-refractivity contribution is 5.94. The van der Waals surface area contributed by atoms with Crippen LogP contribution >= 0.6 is 0 Å². The zero-order valence-electron chi connectivity index (χ0n) is 10.5. The van der Waals surface area contributed by atoms with Crippen LogP contribution in [0.4, 0.5) is 4.79 Å². The molecule has 19 heavy (non-hydrogen) atoms. The van der Waals surface area contributed by atoms with E-state index in [2.05, 4.69) is 19.4 Å². The number of hydrogen-bond acceptors (Lipinski definition) is 7. The van der Waals surface area contributed by atoms with Gasteiger partial charge in [0, 0.05) is 6.20 Å². The number of hydrogen-bond donors (Lipinski definition) is 1. The second kappa shape index (κ2) is 7.04. The average Bonchev–Trinajstić information content (AvgIpc) is 2.37. The standard InChI is InChI=1S/C11H13N3O5/c1-3-18-11(17)14-9(15)6-19-10(16)8-5-12-7(2)4-13-8/h4-5H,3,6H2,1-2H3,(H,14,15,17). The largest absolute Gasteiger partial charge is 0.451 e. The number of carbonyl (C=O) groups excluding carboxylic acids is 3. The van der Waals surface area contributed by atoms with Gasteiger partial charge in [-0.3, -0.25) is 15.1 Å². The van der Waals surface area contributed by atoms with Gasteiger partial charge >= 0.3 is 12.1 Å². The number of nitrogens with zero attached hydrogens (tertiary/aromatic N) is 2. The summed E-state index contributed by atoms with van der Waals surface area (Å²) in [7, 11) is 0. The second-order valence-corrected chi connectivity index (χ2v) is 3.39. The highest BCUT2D eigenvalue weighted by Gasteiger charge is 2.13. The molecular weight excluding hydrogens is 254 g/mol. The van der Waals surface area contributed by atoms with Gasteiger partial charge in [0.15, 0.2) is 12.3 Å². The van der Waals surface area contributed by atoms with Crippen LogP contribution < -0.4 is 5.32 Å². The molecule has 0 saturated heterocycles. The summed E-state index contributed by atoms with van der Waals surface area (Å²) in [6.45, 7) is 2.85. The molecule has 8 nitrogen and oxygen atoms in total. The number of amides is 2. The lowest BCUT2D eigenvalue weighted by Gasteiger charge is -2.05. The van der Waals surface area contributed by atoms with Gasteiger partial charge in [0.25, 0.3) is 5.91 Å². The molecule has 0 saturated carbocycles. The first-order chi connectivity index (χ1) is 9.02. The van der Waals surface area contributed by atoms with Crippen molar-refractivity contribution in [2.24, 2.45) is 0 Å². The number of ether oxygens (including phenoxy) is 2. The maximum absolute atomic E-state index is 11.5. The van der Waals surface area contributed by atoms with E-state index in [9.17, 15) is 14.4 Å². The van der Waals surface area contributed by atoms with Crippen LogP contribution in [0.1, 0.15) is 23.1 Å². The molecule has 1 rings (SSSR count). The van der Waals surface area contributed by atoms with Crippen molar-refractivity contribution in [2.75, 3.05) is 13.2 Å². The quantitative estimate of drug-likeness (QED) is 0.777. The van der Waals surface area contributed by atoms with E-state index in [1.165, 1.54) is 12.4 Å². The van der Waals surface area contributed by atoms with Gasteiger partial charge in [-0.15, -0.1) is 0 Å². The fourth-order valence-corrected chi connectivity index (χ4v) is 1.02. The summed E-state index contributed by atoms with van der Waals surface area (Å²) in [5.41, 5.74) is 0.631. The molecular formula is C11H13N3O5. The van der Waals surface area contributed by atoms with Crippen LogP contribution in [0.2, 0.25) is 0 Å². The normalized spacial score (nSPS) is 9.58. The average molecular weight is 267 g/mol. The third kappa shape index (κ3) is 5.11. The molecule has 0 aliphatic rings. The van der Waals surface area contributed by atoms with E-state index < -0.39 is 24.6 Å². The van der Waals surface area contributed by atoms with Crippen molar-refractivity contribution in [3.63, 3.8) is 0 Å². The van der Waals surface area contributed by atoms with Gasteiger partial charge in [-0.25, -0.2) is 14.6 Å². The van der Waals surface area contributed by atoms with Gasteiger partial charge in [-0.2, -0.15) is 0 Å². The van der Waals surface area contributed by atoms with Crippen LogP contribution in [0.25, 0.3) is 0 Å². The molecule has 0 aliphatic heterocycles. The minimum absolute atomic E-state index is 0.0189. The van der Waals surface area contributed by atoms with Crippen LogP contribution in [0.15, 0.2) is 12.4 Å². The van der Waals surface area contributed by atoms with E-state index in [0.717, 1.165) is 0 Å². The van der Waals surface area contributed by atoms with Crippen LogP contribution in [-0.4, -0.2) is 41.2 Å². The molecule has 1 N–H and O–H groups in total. The lowest BCUT2D eigenvalue weighted by molar-refractivity contribution is -0.123. The third-order valence-electron chi connectivity index (χ3n) is 1.84. The second-order valence-electron chi connectivity index (χ2n) is 3.39. The number of aryl methyl sites for hydroxylation is 1. The van der Waals surface area contributed by atoms with Gasteiger partial charge in [0.1, 0.15) is 0 Å². The molecule has 0 unspecified atom stereocenters. The molecule has 0 fully saturated rings. The van der Waals surface area contributed by atoms with Gasteiger partial charge in [0.2, 0.25) is 0 Å². The van der Waals surface area contributed by atoms with Crippen LogP contribution in [0.5, 0.6) is 0 Å². The Kier molecular flexibility index (Phi) is 5.39. The number of imide groups is 1. The van der Waals surface area contributed by atoms with E-state index in [0.29, 0.717) is 5.69 Å². The molecule has 8 heteroatoms. The summed E-state index contributed by atoms with van der Waals surface area (Å²) in [4.78, 5) is 41.2. The first-order valence-corrected chi connectivity index (χ1v) is 5.45. The monoisotopic (exact) mass is 267 g/mol. The van der Waals surface area contributed by atoms with Gasteiger partial charge in [0.05, 0.1) is 18.5 Å². The fourth-order valence-electron chi connectivity index (χ4n) is 1.02. The van der Waals surface area contributed by atoms with Crippen molar-refractivity contribution in [3.05, 3.63) is 23.8 Å². The molecule has 0 atom stereocenters. The molecule has 0 bridgehead atoms. The molecule has 0 radical (unpaired) electrons. The molecule has 1 aromatic rings. The van der Waals surface area contributed by atoms with E-state index in [-0.39, 0.29) is 12.3 Å². The number of carbonyl (C=O) groups is 3. The number of aromatic nitrogens is 2. The predicted molar refractivity (Wildman–Crippen MR) is 62.2 cm³/mol. The lowest BCUT2D eigenvalue weighted by atomic mass is 10.4. The van der Waals surface area contributed by atoms with Crippen molar-refractivity contribution in [1.82, 2.24) is 15.3 Å². The van der Waals surface area contributed by atoms with E-state index in [1.807, 2.05) is 5.32 Å². The number of rotatable bonds is 4. The summed E-state index contributed by atoms with van der Waals surface area (Å²) in [5, 5.41) is 1.88. The topological polar surface area (TPSA) is 107 Å². The Labute approximate surface area is 109 Å². The van der Waals surface area contributed by atoms with Crippen molar-refractivity contribution >= 4 is 18.0 Å². The summed E-state index contributed by atoms with van der Waals surface area (Å²) in [6.07, 6.45) is 1.75. The van der Waals surface area contributed by atoms with Gasteiger partial charge in [-0.1, -0.05) is 0 Å². The zero-order chi connectivity index (χ0) is 14.3. The molecule has 0 spiro atoms. The van der Waals surface area contributed by atoms with E-state index >= 15 is 0 Å². The molecule has 0 aromatic carbocycles. The molecule has 2 amide bonds. The molecule has 1 aromatic heterocycles. The lowest BCUT2D eigenvalue weighted by Crippen LogP contribution is -2.34. The first-order valence-electron chi connectivity index (χ1n) is 5.45. The Balaban J connectivity index is 2.40. The smallest absolute Gasteiger partial charge is 0.413 e. The van der Waals surface area contributed by atoms with E-state index in [1.54, 1.807) is 13.8 Å². The fraction of sp³-hybridized carbons (Fsp3) is 0.364. The Morgan fingerprint density at radius 3 is 2.53 bits per heavy atom. The Morgan fingerprint density at radius 1 is 1.21 bits per heavy atom. The maximum Gasteiger partial charge on any atom is 0.413 e. The van der Waals surface area contributed by atoms with Gasteiger partial charge < -0.3 is 9.47 Å². The van der Waals surface area contributed by atoms with Crippen molar-refractivity contribution in [1.29, 1.82) is 0 Å². The number of nitrogens with one attached hydrogen (secondary N) is 1. The number of alkyl carbamates (subject to hydrolysis) is 1. The summed E-state index contributed by atoms with van der Waals surface area (Å²) >= 11 is 0. The Bertz CT molecular complexity index is 472. The first kappa shape index (κ1) is 14.6. The summed E-state index contributed by atoms with van der Waals surface area (Å²) < 4.78 is 9.13. The highest BCUT2D eigenvalue weighted by Crippen LogP contribution is 1.96. The minimum atomic E-state index is -0.890. The van der Waals surface area contributed by atoms with E-state index in [4.69, 9.17) is 0 Å². The number of esters is 1. The van der Waals surface area contributed by atoms with Crippen LogP contribution in [0.3, 0.4) is 0 Å². The van der Waals surface area contributed by atoms with Crippen molar-refractivity contribution in [2.45, 2.75) is 13.8 Å². The van der Waals surface area contributed by atoms with Crippen LogP contribution in [-0.2, 0) is 14.3 Å². The predicted octanol–water partition coefficient (Wildman–Crippen LogP) is 0.215.